The molecular formula is C18H22N2O3. The van der Waals surface area contributed by atoms with Crippen LogP contribution in [-0.4, -0.2) is 25.0 Å². The van der Waals surface area contributed by atoms with Gasteiger partial charge in [0, 0.05) is 18.2 Å². The minimum Gasteiger partial charge on any atom is -0.489 e. The fraction of sp³-hybridized carbons (Fsp3) is 0.389. The van der Waals surface area contributed by atoms with E-state index in [-0.39, 0.29) is 11.9 Å². The summed E-state index contributed by atoms with van der Waals surface area (Å²) < 4.78 is 11.1. The van der Waals surface area contributed by atoms with Gasteiger partial charge in [0.1, 0.15) is 12.4 Å². The van der Waals surface area contributed by atoms with E-state index in [0.29, 0.717) is 18.3 Å². The molecule has 1 amide bonds. The van der Waals surface area contributed by atoms with E-state index in [2.05, 4.69) is 17.6 Å². The van der Waals surface area contributed by atoms with E-state index >= 15 is 0 Å². The van der Waals surface area contributed by atoms with Gasteiger partial charge in [-0.2, -0.15) is 0 Å². The summed E-state index contributed by atoms with van der Waals surface area (Å²) in [5.41, 5.74) is 0.753. The number of para-hydroxylation sites is 1. The van der Waals surface area contributed by atoms with E-state index in [0.717, 1.165) is 30.8 Å². The minimum absolute atomic E-state index is 0.129. The Morgan fingerprint density at radius 2 is 2.17 bits per heavy atom. The lowest BCUT2D eigenvalue weighted by molar-refractivity contribution is 0.0883. The molecule has 2 heterocycles. The number of piperidine rings is 1. The summed E-state index contributed by atoms with van der Waals surface area (Å²) in [5.74, 6) is 1.38. The second-order valence-corrected chi connectivity index (χ2v) is 5.93. The molecule has 23 heavy (non-hydrogen) atoms. The third-order valence-corrected chi connectivity index (χ3v) is 4.23. The Morgan fingerprint density at radius 3 is 2.96 bits per heavy atom. The third-order valence-electron chi connectivity index (χ3n) is 4.23. The van der Waals surface area contributed by atoms with Crippen molar-refractivity contribution < 1.29 is 13.9 Å². The molecule has 1 aromatic carbocycles. The molecule has 0 aliphatic carbocycles. The lowest BCUT2D eigenvalue weighted by atomic mass is 9.95. The molecule has 2 aromatic rings. The molecule has 1 aliphatic rings. The van der Waals surface area contributed by atoms with Gasteiger partial charge in [0.05, 0.1) is 6.26 Å². The Balaban J connectivity index is 1.62. The van der Waals surface area contributed by atoms with Crippen LogP contribution >= 0.6 is 0 Å². The summed E-state index contributed by atoms with van der Waals surface area (Å²) in [5, 5.41) is 6.37. The highest BCUT2D eigenvalue weighted by Gasteiger charge is 2.25. The van der Waals surface area contributed by atoms with Crippen molar-refractivity contribution >= 4 is 5.91 Å². The summed E-state index contributed by atoms with van der Waals surface area (Å²) in [6.07, 6.45) is 2.59. The summed E-state index contributed by atoms with van der Waals surface area (Å²) in [6, 6.07) is 11.4. The minimum atomic E-state index is -0.179. The van der Waals surface area contributed by atoms with Crippen molar-refractivity contribution in [2.45, 2.75) is 26.0 Å². The van der Waals surface area contributed by atoms with E-state index in [1.54, 1.807) is 6.07 Å². The molecule has 1 saturated heterocycles. The molecular weight excluding hydrogens is 292 g/mol. The maximum Gasteiger partial charge on any atom is 0.287 e. The summed E-state index contributed by atoms with van der Waals surface area (Å²) in [6.45, 7) is 4.27. The Hall–Kier alpha value is -2.27. The number of amides is 1. The quantitative estimate of drug-likeness (QED) is 0.890. The van der Waals surface area contributed by atoms with Crippen LogP contribution in [0.5, 0.6) is 5.75 Å². The molecule has 5 nitrogen and oxygen atoms in total. The molecule has 0 saturated carbocycles. The van der Waals surface area contributed by atoms with Crippen molar-refractivity contribution in [3.05, 3.63) is 54.0 Å². The summed E-state index contributed by atoms with van der Waals surface area (Å²) in [7, 11) is 0. The summed E-state index contributed by atoms with van der Waals surface area (Å²) >= 11 is 0. The third kappa shape index (κ3) is 3.93. The maximum absolute atomic E-state index is 12.5. The SMILES string of the molecule is CC1CCNCC1NC(=O)c1occc1COc1ccccc1. The molecule has 5 heteroatoms. The van der Waals surface area contributed by atoms with Crippen LogP contribution in [0.2, 0.25) is 0 Å². The predicted octanol–water partition coefficient (Wildman–Crippen LogP) is 2.59. The molecule has 1 aromatic heterocycles. The molecule has 1 aliphatic heterocycles. The van der Waals surface area contributed by atoms with Gasteiger partial charge in [-0.05, 0) is 37.1 Å². The maximum atomic E-state index is 12.5. The zero-order valence-corrected chi connectivity index (χ0v) is 13.2. The van der Waals surface area contributed by atoms with Gasteiger partial charge in [0.2, 0.25) is 0 Å². The van der Waals surface area contributed by atoms with Crippen molar-refractivity contribution in [3.63, 3.8) is 0 Å². The number of carbonyl (C=O) groups is 1. The molecule has 3 rings (SSSR count). The van der Waals surface area contributed by atoms with Gasteiger partial charge in [0.15, 0.2) is 5.76 Å². The first-order valence-corrected chi connectivity index (χ1v) is 8.00. The first-order chi connectivity index (χ1) is 11.2. The average molecular weight is 314 g/mol. The number of benzene rings is 1. The zero-order chi connectivity index (χ0) is 16.1. The van der Waals surface area contributed by atoms with E-state index in [1.165, 1.54) is 6.26 Å². The van der Waals surface area contributed by atoms with Crippen molar-refractivity contribution in [1.82, 2.24) is 10.6 Å². The number of nitrogens with one attached hydrogen (secondary N) is 2. The first-order valence-electron chi connectivity index (χ1n) is 8.00. The van der Waals surface area contributed by atoms with Gasteiger partial charge in [-0.15, -0.1) is 0 Å². The molecule has 2 atom stereocenters. The van der Waals surface area contributed by atoms with Gasteiger partial charge in [0.25, 0.3) is 5.91 Å². The lowest BCUT2D eigenvalue weighted by Gasteiger charge is -2.30. The van der Waals surface area contributed by atoms with Crippen LogP contribution in [0.3, 0.4) is 0 Å². The second-order valence-electron chi connectivity index (χ2n) is 5.93. The van der Waals surface area contributed by atoms with Crippen molar-refractivity contribution in [2.75, 3.05) is 13.1 Å². The molecule has 122 valence electrons. The average Bonchev–Trinajstić information content (AvgIpc) is 3.05. The van der Waals surface area contributed by atoms with Crippen LogP contribution in [0.4, 0.5) is 0 Å². The van der Waals surface area contributed by atoms with Gasteiger partial charge < -0.3 is 19.8 Å². The first kappa shape index (κ1) is 15.6. The van der Waals surface area contributed by atoms with E-state index < -0.39 is 0 Å². The zero-order valence-electron chi connectivity index (χ0n) is 13.2. The standard InChI is InChI=1S/C18H22N2O3/c1-13-7-9-19-11-16(13)20-18(21)17-14(8-10-22-17)12-23-15-5-3-2-4-6-15/h2-6,8,10,13,16,19H,7,9,11-12H2,1H3,(H,20,21). The summed E-state index contributed by atoms with van der Waals surface area (Å²) in [4.78, 5) is 12.5. The molecule has 1 fully saturated rings. The number of furan rings is 1. The Kier molecular flexibility index (Phi) is 4.98. The van der Waals surface area contributed by atoms with Crippen molar-refractivity contribution in [1.29, 1.82) is 0 Å². The molecule has 2 N–H and O–H groups in total. The predicted molar refractivity (Wildman–Crippen MR) is 87.4 cm³/mol. The molecule has 0 spiro atoms. The highest BCUT2D eigenvalue weighted by Crippen LogP contribution is 2.17. The van der Waals surface area contributed by atoms with Crippen LogP contribution in [0.25, 0.3) is 0 Å². The van der Waals surface area contributed by atoms with Gasteiger partial charge in [-0.25, -0.2) is 0 Å². The number of ether oxygens (including phenoxy) is 1. The lowest BCUT2D eigenvalue weighted by Crippen LogP contribution is -2.50. The molecule has 0 radical (unpaired) electrons. The van der Waals surface area contributed by atoms with Crippen LogP contribution in [-0.2, 0) is 6.61 Å². The van der Waals surface area contributed by atoms with Gasteiger partial charge >= 0.3 is 0 Å². The monoisotopic (exact) mass is 314 g/mol. The number of carbonyl (C=O) groups excluding carboxylic acids is 1. The van der Waals surface area contributed by atoms with Crippen LogP contribution in [0.15, 0.2) is 47.1 Å². The normalized spacial score (nSPS) is 20.9. The molecule has 2 unspecified atom stereocenters. The van der Waals surface area contributed by atoms with Gasteiger partial charge in [-0.1, -0.05) is 25.1 Å². The number of hydrogen-bond acceptors (Lipinski definition) is 4. The van der Waals surface area contributed by atoms with Crippen molar-refractivity contribution in [3.8, 4) is 5.75 Å². The van der Waals surface area contributed by atoms with E-state index in [4.69, 9.17) is 9.15 Å². The van der Waals surface area contributed by atoms with Crippen LogP contribution < -0.4 is 15.4 Å². The Bertz CT molecular complexity index is 639. The highest BCUT2D eigenvalue weighted by atomic mass is 16.5. The van der Waals surface area contributed by atoms with E-state index in [9.17, 15) is 4.79 Å². The fourth-order valence-corrected chi connectivity index (χ4v) is 2.74. The topological polar surface area (TPSA) is 63.5 Å². The second kappa shape index (κ2) is 7.33. The molecule has 0 bridgehead atoms. The van der Waals surface area contributed by atoms with Gasteiger partial charge in [-0.3, -0.25) is 4.79 Å². The van der Waals surface area contributed by atoms with Crippen LogP contribution in [0, 0.1) is 5.92 Å². The smallest absolute Gasteiger partial charge is 0.287 e. The number of rotatable bonds is 5. The Morgan fingerprint density at radius 1 is 1.35 bits per heavy atom. The fourth-order valence-electron chi connectivity index (χ4n) is 2.74. The van der Waals surface area contributed by atoms with Crippen molar-refractivity contribution in [2.24, 2.45) is 5.92 Å². The Labute approximate surface area is 136 Å². The number of hydrogen-bond donors (Lipinski definition) is 2. The highest BCUT2D eigenvalue weighted by molar-refractivity contribution is 5.93. The van der Waals surface area contributed by atoms with Crippen LogP contribution in [0.1, 0.15) is 29.5 Å². The van der Waals surface area contributed by atoms with E-state index in [1.807, 2.05) is 30.3 Å². The largest absolute Gasteiger partial charge is 0.489 e.